The maximum Gasteiger partial charge on any atom is 0.352 e. The molecule has 6 nitrogen and oxygen atoms in total. The van der Waals surface area contributed by atoms with E-state index in [0.717, 1.165) is 42.8 Å². The van der Waals surface area contributed by atoms with Crippen LogP contribution in [-0.2, 0) is 6.54 Å². The molecule has 0 spiro atoms. The highest BCUT2D eigenvalue weighted by Gasteiger charge is 2.22. The highest BCUT2D eigenvalue weighted by atomic mass is 16.4. The summed E-state index contributed by atoms with van der Waals surface area (Å²) in [5.74, 6) is 0.306. The zero-order valence-electron chi connectivity index (χ0n) is 13.1. The lowest BCUT2D eigenvalue weighted by Gasteiger charge is -2.28. The molecule has 0 radical (unpaired) electrons. The number of hydrogen-bond donors (Lipinski definition) is 1. The van der Waals surface area contributed by atoms with Gasteiger partial charge < -0.3 is 14.6 Å². The molecule has 0 aromatic carbocycles. The smallest absolute Gasteiger partial charge is 0.352 e. The Hall–Kier alpha value is -2.11. The predicted molar refractivity (Wildman–Crippen MR) is 85.4 cm³/mol. The molecule has 1 aliphatic heterocycles. The van der Waals surface area contributed by atoms with E-state index in [1.165, 1.54) is 6.42 Å². The SMILES string of the molecule is CC(C)Cn1c(C(=O)O)cc2c(N3CCCCC3)ncnc21. The molecule has 0 unspecified atom stereocenters. The Morgan fingerprint density at radius 3 is 2.64 bits per heavy atom. The number of rotatable bonds is 4. The second kappa shape index (κ2) is 5.94. The van der Waals surface area contributed by atoms with E-state index in [-0.39, 0.29) is 0 Å². The molecule has 0 aliphatic carbocycles. The van der Waals surface area contributed by atoms with Gasteiger partial charge in [0.2, 0.25) is 0 Å². The van der Waals surface area contributed by atoms with Crippen LogP contribution in [0.5, 0.6) is 0 Å². The van der Waals surface area contributed by atoms with Crippen molar-refractivity contribution in [3.63, 3.8) is 0 Å². The van der Waals surface area contributed by atoms with Crippen LogP contribution in [0.15, 0.2) is 12.4 Å². The first kappa shape index (κ1) is 14.8. The van der Waals surface area contributed by atoms with Gasteiger partial charge in [0.1, 0.15) is 23.5 Å². The van der Waals surface area contributed by atoms with E-state index in [0.29, 0.717) is 18.2 Å². The normalized spacial score (nSPS) is 15.7. The van der Waals surface area contributed by atoms with E-state index in [2.05, 4.69) is 28.7 Å². The standard InChI is InChI=1S/C16H22N4O2/c1-11(2)9-20-13(16(21)22)8-12-14(17-10-18-15(12)20)19-6-4-3-5-7-19/h8,10-11H,3-7,9H2,1-2H3,(H,21,22). The second-order valence-corrected chi connectivity index (χ2v) is 6.32. The summed E-state index contributed by atoms with van der Waals surface area (Å²) in [6.45, 7) is 6.74. The van der Waals surface area contributed by atoms with E-state index >= 15 is 0 Å². The fourth-order valence-electron chi connectivity index (χ4n) is 3.14. The van der Waals surface area contributed by atoms with Crippen molar-refractivity contribution in [2.75, 3.05) is 18.0 Å². The molecule has 0 saturated carbocycles. The Kier molecular flexibility index (Phi) is 4.00. The molecule has 0 atom stereocenters. The van der Waals surface area contributed by atoms with E-state index in [4.69, 9.17) is 0 Å². The van der Waals surface area contributed by atoms with Gasteiger partial charge in [-0.2, -0.15) is 0 Å². The van der Waals surface area contributed by atoms with Crippen molar-refractivity contribution in [2.45, 2.75) is 39.7 Å². The summed E-state index contributed by atoms with van der Waals surface area (Å²) in [5.41, 5.74) is 1.02. The molecule has 6 heteroatoms. The Labute approximate surface area is 129 Å². The summed E-state index contributed by atoms with van der Waals surface area (Å²) < 4.78 is 1.80. The van der Waals surface area contributed by atoms with Crippen molar-refractivity contribution in [1.82, 2.24) is 14.5 Å². The molecule has 2 aromatic rings. The van der Waals surface area contributed by atoms with Crippen LogP contribution in [0.1, 0.15) is 43.6 Å². The average Bonchev–Trinajstić information content (AvgIpc) is 2.86. The van der Waals surface area contributed by atoms with Gasteiger partial charge in [-0.15, -0.1) is 0 Å². The number of carboxylic acids is 1. The minimum absolute atomic E-state index is 0.294. The summed E-state index contributed by atoms with van der Waals surface area (Å²) >= 11 is 0. The van der Waals surface area contributed by atoms with Crippen LogP contribution in [-0.4, -0.2) is 38.7 Å². The Morgan fingerprint density at radius 1 is 1.27 bits per heavy atom. The van der Waals surface area contributed by atoms with Gasteiger partial charge in [-0.3, -0.25) is 0 Å². The van der Waals surface area contributed by atoms with Crippen LogP contribution in [0, 0.1) is 5.92 Å². The van der Waals surface area contributed by atoms with Crippen LogP contribution >= 0.6 is 0 Å². The summed E-state index contributed by atoms with van der Waals surface area (Å²) in [4.78, 5) is 22.6. The van der Waals surface area contributed by atoms with Crippen molar-refractivity contribution in [2.24, 2.45) is 5.92 Å². The van der Waals surface area contributed by atoms with Crippen LogP contribution in [0.3, 0.4) is 0 Å². The molecule has 0 amide bonds. The highest BCUT2D eigenvalue weighted by Crippen LogP contribution is 2.29. The maximum atomic E-state index is 11.6. The Balaban J connectivity index is 2.13. The number of carbonyl (C=O) groups is 1. The van der Waals surface area contributed by atoms with Crippen LogP contribution in [0.4, 0.5) is 5.82 Å². The first-order valence-corrected chi connectivity index (χ1v) is 7.90. The fourth-order valence-corrected chi connectivity index (χ4v) is 3.14. The van der Waals surface area contributed by atoms with Gasteiger partial charge >= 0.3 is 5.97 Å². The van der Waals surface area contributed by atoms with Gasteiger partial charge in [-0.25, -0.2) is 14.8 Å². The van der Waals surface area contributed by atoms with Crippen LogP contribution < -0.4 is 4.90 Å². The number of anilines is 1. The molecule has 1 aliphatic rings. The number of fused-ring (bicyclic) bond motifs is 1. The first-order valence-electron chi connectivity index (χ1n) is 7.90. The molecule has 2 aromatic heterocycles. The summed E-state index contributed by atoms with van der Waals surface area (Å²) in [7, 11) is 0. The number of carboxylic acid groups (broad SMARTS) is 1. The molecule has 118 valence electrons. The molecular formula is C16H22N4O2. The van der Waals surface area contributed by atoms with Gasteiger partial charge in [-0.1, -0.05) is 13.8 Å². The molecule has 1 saturated heterocycles. The van der Waals surface area contributed by atoms with Crippen LogP contribution in [0.2, 0.25) is 0 Å². The zero-order valence-corrected chi connectivity index (χ0v) is 13.1. The van der Waals surface area contributed by atoms with Gasteiger partial charge in [0.25, 0.3) is 0 Å². The summed E-state index contributed by atoms with van der Waals surface area (Å²) in [6.07, 6.45) is 5.11. The van der Waals surface area contributed by atoms with E-state index in [9.17, 15) is 9.90 Å². The summed E-state index contributed by atoms with van der Waals surface area (Å²) in [5, 5.41) is 10.3. The van der Waals surface area contributed by atoms with Gasteiger partial charge in [0, 0.05) is 19.6 Å². The van der Waals surface area contributed by atoms with Crippen LogP contribution in [0.25, 0.3) is 11.0 Å². The maximum absolute atomic E-state index is 11.6. The molecule has 0 bridgehead atoms. The lowest BCUT2D eigenvalue weighted by molar-refractivity contribution is 0.0685. The van der Waals surface area contributed by atoms with E-state index in [1.807, 2.05) is 0 Å². The minimum Gasteiger partial charge on any atom is -0.477 e. The molecule has 22 heavy (non-hydrogen) atoms. The van der Waals surface area contributed by atoms with Crippen molar-refractivity contribution < 1.29 is 9.90 Å². The zero-order chi connectivity index (χ0) is 15.7. The highest BCUT2D eigenvalue weighted by molar-refractivity contribution is 5.97. The minimum atomic E-state index is -0.914. The first-order chi connectivity index (χ1) is 10.6. The fraction of sp³-hybridized carbons (Fsp3) is 0.562. The second-order valence-electron chi connectivity index (χ2n) is 6.32. The number of nitrogens with zero attached hydrogens (tertiary/aromatic N) is 4. The summed E-state index contributed by atoms with van der Waals surface area (Å²) in [6, 6.07) is 1.73. The van der Waals surface area contributed by atoms with Gasteiger partial charge in [0.15, 0.2) is 0 Å². The van der Waals surface area contributed by atoms with E-state index < -0.39 is 5.97 Å². The monoisotopic (exact) mass is 302 g/mol. The van der Waals surface area contributed by atoms with Crippen molar-refractivity contribution in [1.29, 1.82) is 0 Å². The average molecular weight is 302 g/mol. The number of aromatic carboxylic acids is 1. The third kappa shape index (κ3) is 2.65. The van der Waals surface area contributed by atoms with Gasteiger partial charge in [0.05, 0.1) is 5.39 Å². The lowest BCUT2D eigenvalue weighted by Crippen LogP contribution is -2.30. The third-order valence-electron chi connectivity index (χ3n) is 4.09. The predicted octanol–water partition coefficient (Wildman–Crippen LogP) is 2.78. The van der Waals surface area contributed by atoms with E-state index in [1.54, 1.807) is 17.0 Å². The molecule has 3 heterocycles. The topological polar surface area (TPSA) is 71.2 Å². The number of aromatic nitrogens is 3. The van der Waals surface area contributed by atoms with Crippen molar-refractivity contribution in [3.05, 3.63) is 18.1 Å². The molecule has 3 rings (SSSR count). The Bertz CT molecular complexity index is 687. The number of piperidine rings is 1. The molecule has 1 N–H and O–H groups in total. The van der Waals surface area contributed by atoms with Crippen molar-refractivity contribution in [3.8, 4) is 0 Å². The molecular weight excluding hydrogens is 280 g/mol. The number of hydrogen-bond acceptors (Lipinski definition) is 4. The Morgan fingerprint density at radius 2 is 2.00 bits per heavy atom. The quantitative estimate of drug-likeness (QED) is 0.940. The largest absolute Gasteiger partial charge is 0.477 e. The van der Waals surface area contributed by atoms with Gasteiger partial charge in [-0.05, 0) is 31.2 Å². The molecule has 1 fully saturated rings. The lowest BCUT2D eigenvalue weighted by atomic mass is 10.1. The third-order valence-corrected chi connectivity index (χ3v) is 4.09. The van der Waals surface area contributed by atoms with Crippen molar-refractivity contribution >= 4 is 22.8 Å².